The molecule has 2 aromatic rings. The van der Waals surface area contributed by atoms with Crippen LogP contribution in [0.25, 0.3) is 0 Å². The van der Waals surface area contributed by atoms with Gasteiger partial charge < -0.3 is 14.4 Å². The zero-order valence-corrected chi connectivity index (χ0v) is 14.1. The molecule has 0 aromatic heterocycles. The molecule has 4 nitrogen and oxygen atoms in total. The number of ether oxygens (including phenoxy) is 2. The summed E-state index contributed by atoms with van der Waals surface area (Å²) in [6.45, 7) is 0.484. The Balaban J connectivity index is 1.88. The summed E-state index contributed by atoms with van der Waals surface area (Å²) in [7, 11) is 1.46. The molecule has 0 saturated carbocycles. The molecule has 1 heterocycles. The van der Waals surface area contributed by atoms with Crippen LogP contribution in [0.1, 0.15) is 23.7 Å². The minimum absolute atomic E-state index is 0.246. The van der Waals surface area contributed by atoms with Gasteiger partial charge in [-0.2, -0.15) is 0 Å². The summed E-state index contributed by atoms with van der Waals surface area (Å²) in [6, 6.07) is 13.1. The first-order chi connectivity index (χ1) is 12.4. The van der Waals surface area contributed by atoms with Gasteiger partial charge in [0.2, 0.25) is 0 Å². The van der Waals surface area contributed by atoms with Crippen LogP contribution in [0.2, 0.25) is 0 Å². The van der Waals surface area contributed by atoms with Crippen LogP contribution >= 0.6 is 0 Å². The van der Waals surface area contributed by atoms with Crippen molar-refractivity contribution in [3.05, 3.63) is 59.7 Å². The van der Waals surface area contributed by atoms with Gasteiger partial charge in [-0.15, -0.1) is 13.2 Å². The fourth-order valence-electron chi connectivity index (χ4n) is 3.15. The van der Waals surface area contributed by atoms with Gasteiger partial charge in [-0.1, -0.05) is 30.3 Å². The van der Waals surface area contributed by atoms with Crippen molar-refractivity contribution >= 4 is 11.6 Å². The largest absolute Gasteiger partial charge is 0.573 e. The standard InChI is InChI=1S/C19H18F3NO3/c1-25-17(13-6-3-2-4-7-13)18(24)23-11-5-8-14-12-15(9-10-16(14)23)26-19(20,21)22/h2-4,6-7,9-10,12,17H,5,8,11H2,1H3/t17-/m1/s1. The van der Waals surface area contributed by atoms with E-state index in [0.29, 0.717) is 30.6 Å². The first-order valence-corrected chi connectivity index (χ1v) is 8.17. The number of carbonyl (C=O) groups is 1. The van der Waals surface area contributed by atoms with E-state index in [1.807, 2.05) is 18.2 Å². The summed E-state index contributed by atoms with van der Waals surface area (Å²) in [5.41, 5.74) is 1.96. The number of carbonyl (C=O) groups excluding carboxylic acids is 1. The van der Waals surface area contributed by atoms with E-state index in [1.54, 1.807) is 17.0 Å². The first kappa shape index (κ1) is 18.3. The van der Waals surface area contributed by atoms with Gasteiger partial charge in [-0.05, 0) is 42.2 Å². The third kappa shape index (κ3) is 3.99. The predicted molar refractivity (Wildman–Crippen MR) is 90.0 cm³/mol. The number of aryl methyl sites for hydroxylation is 1. The number of rotatable bonds is 4. The molecule has 138 valence electrons. The number of alkyl halides is 3. The van der Waals surface area contributed by atoms with Gasteiger partial charge in [0.25, 0.3) is 5.91 Å². The van der Waals surface area contributed by atoms with E-state index in [1.165, 1.54) is 25.3 Å². The van der Waals surface area contributed by atoms with Crippen LogP contribution in [0.5, 0.6) is 5.75 Å². The van der Waals surface area contributed by atoms with Gasteiger partial charge in [-0.25, -0.2) is 0 Å². The summed E-state index contributed by atoms with van der Waals surface area (Å²) in [6.07, 6.45) is -4.28. The van der Waals surface area contributed by atoms with E-state index in [-0.39, 0.29) is 11.7 Å². The molecule has 0 fully saturated rings. The van der Waals surface area contributed by atoms with Crippen LogP contribution in [0, 0.1) is 0 Å². The number of halogens is 3. The number of hydrogen-bond donors (Lipinski definition) is 0. The maximum Gasteiger partial charge on any atom is 0.573 e. The monoisotopic (exact) mass is 365 g/mol. The van der Waals surface area contributed by atoms with Crippen molar-refractivity contribution in [3.63, 3.8) is 0 Å². The van der Waals surface area contributed by atoms with Gasteiger partial charge in [0.05, 0.1) is 0 Å². The SMILES string of the molecule is CO[C@@H](C(=O)N1CCCc2cc(OC(F)(F)F)ccc21)c1ccccc1. The van der Waals surface area contributed by atoms with Crippen molar-refractivity contribution in [2.24, 2.45) is 0 Å². The van der Waals surface area contributed by atoms with Crippen molar-refractivity contribution in [1.82, 2.24) is 0 Å². The topological polar surface area (TPSA) is 38.8 Å². The number of nitrogens with zero attached hydrogens (tertiary/aromatic N) is 1. The highest BCUT2D eigenvalue weighted by Crippen LogP contribution is 2.34. The highest BCUT2D eigenvalue weighted by molar-refractivity contribution is 5.98. The van der Waals surface area contributed by atoms with Crippen LogP contribution in [-0.4, -0.2) is 25.9 Å². The molecule has 0 aliphatic carbocycles. The minimum atomic E-state index is -4.74. The molecule has 2 aromatic carbocycles. The summed E-state index contributed by atoms with van der Waals surface area (Å²) < 4.78 is 46.6. The third-order valence-electron chi connectivity index (χ3n) is 4.23. The molecule has 0 radical (unpaired) electrons. The lowest BCUT2D eigenvalue weighted by Gasteiger charge is -2.32. The summed E-state index contributed by atoms with van der Waals surface area (Å²) >= 11 is 0. The zero-order valence-electron chi connectivity index (χ0n) is 14.1. The average Bonchev–Trinajstić information content (AvgIpc) is 2.61. The summed E-state index contributed by atoms with van der Waals surface area (Å²) in [5, 5.41) is 0. The second kappa shape index (κ2) is 7.37. The van der Waals surface area contributed by atoms with Crippen LogP contribution in [0.4, 0.5) is 18.9 Å². The van der Waals surface area contributed by atoms with Crippen LogP contribution < -0.4 is 9.64 Å². The van der Waals surface area contributed by atoms with Gasteiger partial charge in [-0.3, -0.25) is 4.79 Å². The van der Waals surface area contributed by atoms with Crippen molar-refractivity contribution in [3.8, 4) is 5.75 Å². The Morgan fingerprint density at radius 2 is 1.88 bits per heavy atom. The van der Waals surface area contributed by atoms with E-state index in [2.05, 4.69) is 4.74 Å². The van der Waals surface area contributed by atoms with E-state index < -0.39 is 12.5 Å². The molecule has 0 N–H and O–H groups in total. The Bertz CT molecular complexity index is 777. The second-order valence-electron chi connectivity index (χ2n) is 5.96. The maximum absolute atomic E-state index is 13.0. The summed E-state index contributed by atoms with van der Waals surface area (Å²) in [4.78, 5) is 14.6. The molecular formula is C19H18F3NO3. The first-order valence-electron chi connectivity index (χ1n) is 8.17. The van der Waals surface area contributed by atoms with Gasteiger partial charge in [0.1, 0.15) is 5.75 Å². The molecule has 1 aliphatic rings. The molecule has 0 saturated heterocycles. The second-order valence-corrected chi connectivity index (χ2v) is 5.96. The van der Waals surface area contributed by atoms with E-state index in [4.69, 9.17) is 4.74 Å². The van der Waals surface area contributed by atoms with Crippen molar-refractivity contribution in [1.29, 1.82) is 0 Å². The molecule has 1 amide bonds. The van der Waals surface area contributed by atoms with E-state index in [0.717, 1.165) is 5.56 Å². The molecule has 7 heteroatoms. The highest BCUT2D eigenvalue weighted by atomic mass is 19.4. The van der Waals surface area contributed by atoms with Crippen LogP contribution in [0.3, 0.4) is 0 Å². The number of fused-ring (bicyclic) bond motifs is 1. The van der Waals surface area contributed by atoms with Gasteiger partial charge in [0, 0.05) is 19.3 Å². The molecule has 3 rings (SSSR count). The Hall–Kier alpha value is -2.54. The Morgan fingerprint density at radius 3 is 2.54 bits per heavy atom. The summed E-state index contributed by atoms with van der Waals surface area (Å²) in [5.74, 6) is -0.527. The van der Waals surface area contributed by atoms with E-state index in [9.17, 15) is 18.0 Å². The molecule has 0 bridgehead atoms. The normalized spacial score (nSPS) is 15.3. The quantitative estimate of drug-likeness (QED) is 0.813. The lowest BCUT2D eigenvalue weighted by molar-refractivity contribution is -0.274. The predicted octanol–water partition coefficient (Wildman–Crippen LogP) is 4.25. The number of methoxy groups -OCH3 is 1. The Labute approximate surface area is 149 Å². The molecule has 26 heavy (non-hydrogen) atoms. The average molecular weight is 365 g/mol. The number of anilines is 1. The highest BCUT2D eigenvalue weighted by Gasteiger charge is 2.33. The lowest BCUT2D eigenvalue weighted by atomic mass is 9.99. The van der Waals surface area contributed by atoms with Crippen molar-refractivity contribution in [2.45, 2.75) is 25.3 Å². The van der Waals surface area contributed by atoms with Crippen molar-refractivity contribution < 1.29 is 27.4 Å². The maximum atomic E-state index is 13.0. The molecule has 0 unspecified atom stereocenters. The lowest BCUT2D eigenvalue weighted by Crippen LogP contribution is -2.39. The van der Waals surface area contributed by atoms with Gasteiger partial charge >= 0.3 is 6.36 Å². The van der Waals surface area contributed by atoms with Crippen LogP contribution in [-0.2, 0) is 16.0 Å². The van der Waals surface area contributed by atoms with Crippen molar-refractivity contribution in [2.75, 3.05) is 18.6 Å². The molecule has 1 atom stereocenters. The number of amides is 1. The third-order valence-corrected chi connectivity index (χ3v) is 4.23. The molecular weight excluding hydrogens is 347 g/mol. The minimum Gasteiger partial charge on any atom is -0.406 e. The van der Waals surface area contributed by atoms with Crippen LogP contribution in [0.15, 0.2) is 48.5 Å². The Morgan fingerprint density at radius 1 is 1.15 bits per heavy atom. The smallest absolute Gasteiger partial charge is 0.406 e. The van der Waals surface area contributed by atoms with E-state index >= 15 is 0 Å². The van der Waals surface area contributed by atoms with Gasteiger partial charge in [0.15, 0.2) is 6.10 Å². The zero-order chi connectivity index (χ0) is 18.7. The number of benzene rings is 2. The molecule has 1 aliphatic heterocycles. The fourth-order valence-corrected chi connectivity index (χ4v) is 3.15. The molecule has 0 spiro atoms. The fraction of sp³-hybridized carbons (Fsp3) is 0.316. The number of hydrogen-bond acceptors (Lipinski definition) is 3. The Kier molecular flexibility index (Phi) is 5.18.